The maximum atomic E-state index is 12.5. The summed E-state index contributed by atoms with van der Waals surface area (Å²) in [7, 11) is 0. The van der Waals surface area contributed by atoms with E-state index in [0.717, 1.165) is 25.0 Å². The summed E-state index contributed by atoms with van der Waals surface area (Å²) in [5, 5.41) is 3.27. The van der Waals surface area contributed by atoms with E-state index in [-0.39, 0.29) is 17.2 Å². The molecule has 0 aliphatic carbocycles. The van der Waals surface area contributed by atoms with Gasteiger partial charge in [0.1, 0.15) is 0 Å². The monoisotopic (exact) mass is 293 g/mol. The first-order valence-electron chi connectivity index (χ1n) is 6.11. The van der Waals surface area contributed by atoms with Crippen molar-refractivity contribution in [2.45, 2.75) is 38.1 Å². The minimum atomic E-state index is -4.37. The van der Waals surface area contributed by atoms with E-state index in [2.05, 4.69) is 5.32 Å². The van der Waals surface area contributed by atoms with Crippen LogP contribution in [0, 0.1) is 0 Å². The van der Waals surface area contributed by atoms with Crippen LogP contribution in [0.5, 0.6) is 0 Å². The van der Waals surface area contributed by atoms with Crippen LogP contribution in [-0.4, -0.2) is 18.8 Å². The largest absolute Gasteiger partial charge is 0.416 e. The maximum absolute atomic E-state index is 12.5. The van der Waals surface area contributed by atoms with Crippen LogP contribution >= 0.6 is 11.6 Å². The number of hydrogen-bond donors (Lipinski definition) is 1. The fourth-order valence-corrected chi connectivity index (χ4v) is 2.39. The van der Waals surface area contributed by atoms with Gasteiger partial charge in [-0.1, -0.05) is 11.6 Å². The molecule has 0 aromatic heterocycles. The fraction of sp³-hybridized carbons (Fsp3) is 0.538. The van der Waals surface area contributed by atoms with Gasteiger partial charge in [0, 0.05) is 12.6 Å². The number of halogens is 4. The lowest BCUT2D eigenvalue weighted by Gasteiger charge is -2.29. The molecular formula is C13H15ClF3NO. The Kier molecular flexibility index (Phi) is 4.26. The summed E-state index contributed by atoms with van der Waals surface area (Å²) < 4.78 is 43.0. The molecule has 0 spiro atoms. The van der Waals surface area contributed by atoms with E-state index in [1.54, 1.807) is 0 Å². The SMILES string of the molecule is CC1CC(Nc2ccc(C(F)(F)F)cc2Cl)CCO1. The summed E-state index contributed by atoms with van der Waals surface area (Å²) in [6.07, 6.45) is -2.58. The molecule has 2 atom stereocenters. The predicted octanol–water partition coefficient (Wildman–Crippen LogP) is 4.34. The summed E-state index contributed by atoms with van der Waals surface area (Å²) >= 11 is 5.90. The van der Waals surface area contributed by atoms with Crippen molar-refractivity contribution in [1.82, 2.24) is 0 Å². The molecule has 0 saturated carbocycles. The molecule has 1 fully saturated rings. The lowest BCUT2D eigenvalue weighted by molar-refractivity contribution is -0.137. The average Bonchev–Trinajstić information content (AvgIpc) is 2.30. The van der Waals surface area contributed by atoms with Crippen LogP contribution in [0.3, 0.4) is 0 Å². The highest BCUT2D eigenvalue weighted by Crippen LogP contribution is 2.34. The van der Waals surface area contributed by atoms with Gasteiger partial charge in [0.05, 0.1) is 22.4 Å². The highest BCUT2D eigenvalue weighted by atomic mass is 35.5. The molecule has 106 valence electrons. The van der Waals surface area contributed by atoms with Gasteiger partial charge in [-0.25, -0.2) is 0 Å². The third kappa shape index (κ3) is 3.76. The zero-order valence-electron chi connectivity index (χ0n) is 10.4. The van der Waals surface area contributed by atoms with Gasteiger partial charge in [-0.3, -0.25) is 0 Å². The van der Waals surface area contributed by atoms with Crippen molar-refractivity contribution in [3.8, 4) is 0 Å². The first kappa shape index (κ1) is 14.5. The number of rotatable bonds is 2. The standard InChI is InChI=1S/C13H15ClF3NO/c1-8-6-10(4-5-19-8)18-12-3-2-9(7-11(12)14)13(15,16)17/h2-3,7-8,10,18H,4-6H2,1H3. The molecule has 0 radical (unpaired) electrons. The van der Waals surface area contributed by atoms with E-state index < -0.39 is 11.7 Å². The van der Waals surface area contributed by atoms with Crippen LogP contribution in [0.15, 0.2) is 18.2 Å². The molecule has 19 heavy (non-hydrogen) atoms. The van der Waals surface area contributed by atoms with E-state index in [1.807, 2.05) is 6.92 Å². The first-order valence-corrected chi connectivity index (χ1v) is 6.49. The van der Waals surface area contributed by atoms with Gasteiger partial charge in [0.25, 0.3) is 0 Å². The maximum Gasteiger partial charge on any atom is 0.416 e. The molecule has 1 aliphatic rings. The molecule has 1 aliphatic heterocycles. The Morgan fingerprint density at radius 1 is 1.37 bits per heavy atom. The van der Waals surface area contributed by atoms with E-state index in [9.17, 15) is 13.2 Å². The van der Waals surface area contributed by atoms with Gasteiger partial charge in [0.15, 0.2) is 0 Å². The molecule has 1 N–H and O–H groups in total. The molecule has 1 saturated heterocycles. The van der Waals surface area contributed by atoms with Crippen molar-refractivity contribution < 1.29 is 17.9 Å². The minimum Gasteiger partial charge on any atom is -0.381 e. The van der Waals surface area contributed by atoms with Crippen LogP contribution < -0.4 is 5.32 Å². The van der Waals surface area contributed by atoms with Gasteiger partial charge in [0.2, 0.25) is 0 Å². The van der Waals surface area contributed by atoms with Crippen molar-refractivity contribution >= 4 is 17.3 Å². The van der Waals surface area contributed by atoms with Gasteiger partial charge in [-0.05, 0) is 38.0 Å². The molecule has 2 unspecified atom stereocenters. The van der Waals surface area contributed by atoms with Gasteiger partial charge in [-0.2, -0.15) is 13.2 Å². The molecule has 1 aromatic carbocycles. The predicted molar refractivity (Wildman–Crippen MR) is 68.5 cm³/mol. The molecule has 1 aromatic rings. The number of nitrogens with one attached hydrogen (secondary N) is 1. The first-order chi connectivity index (χ1) is 8.86. The number of anilines is 1. The van der Waals surface area contributed by atoms with E-state index in [4.69, 9.17) is 16.3 Å². The van der Waals surface area contributed by atoms with Crippen LogP contribution in [0.25, 0.3) is 0 Å². The van der Waals surface area contributed by atoms with Crippen molar-refractivity contribution in [3.63, 3.8) is 0 Å². The topological polar surface area (TPSA) is 21.3 Å². The molecule has 6 heteroatoms. The normalized spacial score (nSPS) is 24.3. The lowest BCUT2D eigenvalue weighted by atomic mass is 10.0. The van der Waals surface area contributed by atoms with E-state index in [1.165, 1.54) is 6.07 Å². The minimum absolute atomic E-state index is 0.0916. The summed E-state index contributed by atoms with van der Waals surface area (Å²) in [6.45, 7) is 2.62. The van der Waals surface area contributed by atoms with E-state index >= 15 is 0 Å². The van der Waals surface area contributed by atoms with Crippen LogP contribution in [0.1, 0.15) is 25.3 Å². The number of alkyl halides is 3. The highest BCUT2D eigenvalue weighted by molar-refractivity contribution is 6.33. The Morgan fingerprint density at radius 3 is 2.68 bits per heavy atom. The van der Waals surface area contributed by atoms with Crippen molar-refractivity contribution in [3.05, 3.63) is 28.8 Å². The zero-order valence-corrected chi connectivity index (χ0v) is 11.2. The molecule has 2 rings (SSSR count). The fourth-order valence-electron chi connectivity index (χ4n) is 2.16. The van der Waals surface area contributed by atoms with Crippen molar-refractivity contribution in [1.29, 1.82) is 0 Å². The third-order valence-corrected chi connectivity index (χ3v) is 3.45. The average molecular weight is 294 g/mol. The second kappa shape index (κ2) is 5.59. The molecule has 0 bridgehead atoms. The Morgan fingerprint density at radius 2 is 2.11 bits per heavy atom. The Labute approximate surface area is 114 Å². The van der Waals surface area contributed by atoms with Crippen LogP contribution in [-0.2, 0) is 10.9 Å². The van der Waals surface area contributed by atoms with E-state index in [0.29, 0.717) is 12.3 Å². The van der Waals surface area contributed by atoms with Crippen molar-refractivity contribution in [2.24, 2.45) is 0 Å². The lowest BCUT2D eigenvalue weighted by Crippen LogP contribution is -2.32. The Hall–Kier alpha value is -0.940. The van der Waals surface area contributed by atoms with Crippen LogP contribution in [0.2, 0.25) is 5.02 Å². The quantitative estimate of drug-likeness (QED) is 0.876. The molecular weight excluding hydrogens is 279 g/mol. The van der Waals surface area contributed by atoms with Crippen molar-refractivity contribution in [2.75, 3.05) is 11.9 Å². The molecule has 1 heterocycles. The van der Waals surface area contributed by atoms with Gasteiger partial charge >= 0.3 is 6.18 Å². The smallest absolute Gasteiger partial charge is 0.381 e. The summed E-state index contributed by atoms with van der Waals surface area (Å²) in [4.78, 5) is 0. The molecule has 0 amide bonds. The summed E-state index contributed by atoms with van der Waals surface area (Å²) in [5.41, 5.74) is -0.197. The van der Waals surface area contributed by atoms with Gasteiger partial charge in [-0.15, -0.1) is 0 Å². The van der Waals surface area contributed by atoms with Gasteiger partial charge < -0.3 is 10.1 Å². The Balaban J connectivity index is 2.09. The number of hydrogen-bond acceptors (Lipinski definition) is 2. The molecule has 2 nitrogen and oxygen atoms in total. The number of benzene rings is 1. The summed E-state index contributed by atoms with van der Waals surface area (Å²) in [6, 6.07) is 3.55. The second-order valence-corrected chi connectivity index (χ2v) is 5.15. The van der Waals surface area contributed by atoms with Crippen LogP contribution in [0.4, 0.5) is 18.9 Å². The second-order valence-electron chi connectivity index (χ2n) is 4.74. The number of ether oxygens (including phenoxy) is 1. The third-order valence-electron chi connectivity index (χ3n) is 3.14. The zero-order chi connectivity index (χ0) is 14.0. The highest BCUT2D eigenvalue weighted by Gasteiger charge is 2.31. The Bertz CT molecular complexity index is 450. The summed E-state index contributed by atoms with van der Waals surface area (Å²) in [5.74, 6) is 0.